The first-order valence-corrected chi connectivity index (χ1v) is 8.16. The maximum absolute atomic E-state index is 12.3. The Hall–Kier alpha value is -1.89. The fraction of sp³-hybridized carbons (Fsp3) is 0.588. The van der Waals surface area contributed by atoms with Crippen LogP contribution in [-0.2, 0) is 6.42 Å². The first-order valence-electron chi connectivity index (χ1n) is 8.16. The summed E-state index contributed by atoms with van der Waals surface area (Å²) in [6.45, 7) is 0.844. The first kappa shape index (κ1) is 18.4. The number of carbonyl (C=O) groups excluding carboxylic acids is 1. The van der Waals surface area contributed by atoms with E-state index in [2.05, 4.69) is 15.4 Å². The zero-order chi connectivity index (χ0) is 17.7. The molecule has 7 heteroatoms. The van der Waals surface area contributed by atoms with E-state index in [0.29, 0.717) is 0 Å². The highest BCUT2D eigenvalue weighted by Crippen LogP contribution is 2.32. The SMILES string of the molecule is CC(CO)C(C)NC(=O)NC1CCCc2cc(OC(F)F)ccc21. The summed E-state index contributed by atoms with van der Waals surface area (Å²) in [5.41, 5.74) is 1.85. The van der Waals surface area contributed by atoms with Gasteiger partial charge in [-0.25, -0.2) is 4.79 Å². The summed E-state index contributed by atoms with van der Waals surface area (Å²) in [7, 11) is 0. The number of alkyl halides is 2. The number of carbonyl (C=O) groups is 1. The van der Waals surface area contributed by atoms with Crippen LogP contribution in [0.1, 0.15) is 43.9 Å². The molecule has 5 nitrogen and oxygen atoms in total. The van der Waals surface area contributed by atoms with Crippen molar-refractivity contribution < 1.29 is 23.4 Å². The topological polar surface area (TPSA) is 70.6 Å². The number of hydrogen-bond acceptors (Lipinski definition) is 3. The Labute approximate surface area is 140 Å². The standard InChI is InChI=1S/C17H24F2N2O3/c1-10(9-22)11(2)20-17(23)21-15-5-3-4-12-8-13(24-16(18)19)6-7-14(12)15/h6-8,10-11,15-16,22H,3-5,9H2,1-2H3,(H2,20,21,23). The van der Waals surface area contributed by atoms with E-state index < -0.39 is 6.61 Å². The summed E-state index contributed by atoms with van der Waals surface area (Å²) in [6, 6.07) is 4.24. The highest BCUT2D eigenvalue weighted by atomic mass is 19.3. The van der Waals surface area contributed by atoms with Crippen LogP contribution >= 0.6 is 0 Å². The van der Waals surface area contributed by atoms with Crippen LogP contribution in [0.25, 0.3) is 0 Å². The van der Waals surface area contributed by atoms with E-state index in [1.807, 2.05) is 13.8 Å². The van der Waals surface area contributed by atoms with Crippen LogP contribution in [0, 0.1) is 5.92 Å². The lowest BCUT2D eigenvalue weighted by Gasteiger charge is -2.28. The summed E-state index contributed by atoms with van der Waals surface area (Å²) in [5, 5.41) is 14.9. The van der Waals surface area contributed by atoms with Crippen molar-refractivity contribution in [3.63, 3.8) is 0 Å². The normalized spacial score (nSPS) is 19.3. The molecule has 3 N–H and O–H groups in total. The number of halogens is 2. The number of ether oxygens (including phenoxy) is 1. The first-order chi connectivity index (χ1) is 11.4. The second-order valence-corrected chi connectivity index (χ2v) is 6.25. The molecule has 0 bridgehead atoms. The lowest BCUT2D eigenvalue weighted by atomic mass is 9.87. The van der Waals surface area contributed by atoms with Crippen molar-refractivity contribution in [2.75, 3.05) is 6.61 Å². The van der Waals surface area contributed by atoms with E-state index in [0.717, 1.165) is 30.4 Å². The molecule has 0 radical (unpaired) electrons. The summed E-state index contributed by atoms with van der Waals surface area (Å²) in [6.07, 6.45) is 2.42. The highest BCUT2D eigenvalue weighted by molar-refractivity contribution is 5.75. The monoisotopic (exact) mass is 342 g/mol. The van der Waals surface area contributed by atoms with Gasteiger partial charge in [0.2, 0.25) is 0 Å². The Kier molecular flexibility index (Phi) is 6.36. The summed E-state index contributed by atoms with van der Waals surface area (Å²) in [5.74, 6) is 0.0997. The van der Waals surface area contributed by atoms with Gasteiger partial charge in [0.15, 0.2) is 0 Å². The Morgan fingerprint density at radius 3 is 2.83 bits per heavy atom. The second-order valence-electron chi connectivity index (χ2n) is 6.25. The Morgan fingerprint density at radius 2 is 2.17 bits per heavy atom. The van der Waals surface area contributed by atoms with Crippen molar-refractivity contribution in [2.24, 2.45) is 5.92 Å². The number of aliphatic hydroxyl groups excluding tert-OH is 1. The number of hydrogen-bond donors (Lipinski definition) is 3. The zero-order valence-electron chi connectivity index (χ0n) is 13.9. The molecule has 1 aliphatic rings. The van der Waals surface area contributed by atoms with Gasteiger partial charge in [-0.1, -0.05) is 13.0 Å². The van der Waals surface area contributed by atoms with E-state index in [-0.39, 0.29) is 36.4 Å². The molecule has 0 spiro atoms. The molecule has 0 heterocycles. The van der Waals surface area contributed by atoms with E-state index in [1.165, 1.54) is 6.07 Å². The van der Waals surface area contributed by atoms with Crippen LogP contribution in [0.5, 0.6) is 5.75 Å². The van der Waals surface area contributed by atoms with Gasteiger partial charge in [0.05, 0.1) is 6.04 Å². The van der Waals surface area contributed by atoms with E-state index in [9.17, 15) is 13.6 Å². The van der Waals surface area contributed by atoms with Crippen molar-refractivity contribution in [1.29, 1.82) is 0 Å². The molecular formula is C17H24F2N2O3. The quantitative estimate of drug-likeness (QED) is 0.744. The van der Waals surface area contributed by atoms with Gasteiger partial charge in [-0.2, -0.15) is 8.78 Å². The minimum Gasteiger partial charge on any atom is -0.435 e. The average molecular weight is 342 g/mol. The molecular weight excluding hydrogens is 318 g/mol. The van der Waals surface area contributed by atoms with Gasteiger partial charge in [0.1, 0.15) is 5.75 Å². The fourth-order valence-corrected chi connectivity index (χ4v) is 2.82. The molecule has 1 aromatic rings. The van der Waals surface area contributed by atoms with Gasteiger partial charge in [-0.15, -0.1) is 0 Å². The van der Waals surface area contributed by atoms with Gasteiger partial charge in [-0.05, 0) is 55.4 Å². The molecule has 0 fully saturated rings. The second kappa shape index (κ2) is 8.28. The van der Waals surface area contributed by atoms with Crippen LogP contribution in [0.2, 0.25) is 0 Å². The summed E-state index contributed by atoms with van der Waals surface area (Å²) in [4.78, 5) is 12.1. The highest BCUT2D eigenvalue weighted by Gasteiger charge is 2.23. The lowest BCUT2D eigenvalue weighted by molar-refractivity contribution is -0.0499. The number of nitrogens with one attached hydrogen (secondary N) is 2. The van der Waals surface area contributed by atoms with Crippen LogP contribution in [0.4, 0.5) is 13.6 Å². The van der Waals surface area contributed by atoms with Gasteiger partial charge >= 0.3 is 12.6 Å². The number of rotatable bonds is 6. The van der Waals surface area contributed by atoms with E-state index in [4.69, 9.17) is 5.11 Å². The Morgan fingerprint density at radius 1 is 1.42 bits per heavy atom. The van der Waals surface area contributed by atoms with Gasteiger partial charge in [0, 0.05) is 12.6 Å². The predicted molar refractivity (Wildman–Crippen MR) is 86.1 cm³/mol. The molecule has 3 unspecified atom stereocenters. The molecule has 3 atom stereocenters. The average Bonchev–Trinajstić information content (AvgIpc) is 2.53. The summed E-state index contributed by atoms with van der Waals surface area (Å²) >= 11 is 0. The number of urea groups is 1. The molecule has 0 saturated heterocycles. The van der Waals surface area contributed by atoms with Crippen molar-refractivity contribution in [3.8, 4) is 5.75 Å². The third-order valence-electron chi connectivity index (χ3n) is 4.46. The Bertz CT molecular complexity index is 569. The molecule has 2 amide bonds. The molecule has 24 heavy (non-hydrogen) atoms. The van der Waals surface area contributed by atoms with Crippen LogP contribution < -0.4 is 15.4 Å². The van der Waals surface area contributed by atoms with Crippen molar-refractivity contribution in [1.82, 2.24) is 10.6 Å². The largest absolute Gasteiger partial charge is 0.435 e. The predicted octanol–water partition coefficient (Wildman–Crippen LogP) is 2.98. The van der Waals surface area contributed by atoms with Crippen molar-refractivity contribution in [3.05, 3.63) is 29.3 Å². The number of aryl methyl sites for hydroxylation is 1. The van der Waals surface area contributed by atoms with Gasteiger partial charge < -0.3 is 20.5 Å². The molecule has 0 aromatic heterocycles. The molecule has 2 rings (SSSR count). The van der Waals surface area contributed by atoms with E-state index >= 15 is 0 Å². The molecule has 0 aliphatic heterocycles. The maximum atomic E-state index is 12.3. The van der Waals surface area contributed by atoms with E-state index in [1.54, 1.807) is 12.1 Å². The van der Waals surface area contributed by atoms with Crippen LogP contribution in [0.3, 0.4) is 0 Å². The molecule has 0 saturated carbocycles. The minimum absolute atomic E-state index is 0.000618. The summed E-state index contributed by atoms with van der Waals surface area (Å²) < 4.78 is 29.1. The third-order valence-corrected chi connectivity index (χ3v) is 4.46. The number of fused-ring (bicyclic) bond motifs is 1. The third kappa shape index (κ3) is 4.80. The number of amides is 2. The fourth-order valence-electron chi connectivity index (χ4n) is 2.82. The molecule has 134 valence electrons. The van der Waals surface area contributed by atoms with Gasteiger partial charge in [0.25, 0.3) is 0 Å². The maximum Gasteiger partial charge on any atom is 0.387 e. The molecule has 1 aromatic carbocycles. The van der Waals surface area contributed by atoms with Crippen molar-refractivity contribution in [2.45, 2.75) is 51.8 Å². The molecule has 1 aliphatic carbocycles. The lowest BCUT2D eigenvalue weighted by Crippen LogP contribution is -2.45. The Balaban J connectivity index is 2.02. The zero-order valence-corrected chi connectivity index (χ0v) is 13.9. The number of benzene rings is 1. The van der Waals surface area contributed by atoms with Gasteiger partial charge in [-0.3, -0.25) is 0 Å². The minimum atomic E-state index is -2.85. The van der Waals surface area contributed by atoms with Crippen LogP contribution in [-0.4, -0.2) is 30.4 Å². The smallest absolute Gasteiger partial charge is 0.387 e. The van der Waals surface area contributed by atoms with Crippen molar-refractivity contribution >= 4 is 6.03 Å². The van der Waals surface area contributed by atoms with Crippen LogP contribution in [0.15, 0.2) is 18.2 Å². The number of aliphatic hydroxyl groups is 1.